The van der Waals surface area contributed by atoms with Crippen LogP contribution >= 0.6 is 0 Å². The predicted molar refractivity (Wildman–Crippen MR) is 128 cm³/mol. The standard InChI is InChI=1S/C26H21N3O5/c1-31-17-8-6-7-16(13-17)29-15-22(19-9-4-5-10-20(19)26(29)30)25-27-24(28-34-25)21-12-11-18(32-2)14-23(21)33-3/h4-15H,1-3H3. The first-order valence-corrected chi connectivity index (χ1v) is 10.5. The summed E-state index contributed by atoms with van der Waals surface area (Å²) in [4.78, 5) is 17.9. The summed E-state index contributed by atoms with van der Waals surface area (Å²) in [5, 5.41) is 5.42. The van der Waals surface area contributed by atoms with Gasteiger partial charge < -0.3 is 18.7 Å². The molecule has 5 rings (SSSR count). The van der Waals surface area contributed by atoms with Crippen molar-refractivity contribution in [2.75, 3.05) is 21.3 Å². The highest BCUT2D eigenvalue weighted by Crippen LogP contribution is 2.34. The molecule has 34 heavy (non-hydrogen) atoms. The first-order chi connectivity index (χ1) is 16.6. The van der Waals surface area contributed by atoms with E-state index >= 15 is 0 Å². The Bertz CT molecular complexity index is 1550. The van der Waals surface area contributed by atoms with Gasteiger partial charge >= 0.3 is 0 Å². The number of hydrogen-bond donors (Lipinski definition) is 0. The Morgan fingerprint density at radius 3 is 2.32 bits per heavy atom. The van der Waals surface area contributed by atoms with E-state index in [4.69, 9.17) is 18.7 Å². The number of fused-ring (bicyclic) bond motifs is 1. The van der Waals surface area contributed by atoms with E-state index in [9.17, 15) is 4.79 Å². The monoisotopic (exact) mass is 455 g/mol. The Morgan fingerprint density at radius 1 is 0.794 bits per heavy atom. The molecule has 0 saturated heterocycles. The van der Waals surface area contributed by atoms with Gasteiger partial charge in [0.1, 0.15) is 17.2 Å². The Labute approximate surface area is 194 Å². The molecule has 170 valence electrons. The van der Waals surface area contributed by atoms with Gasteiger partial charge in [0, 0.05) is 29.1 Å². The van der Waals surface area contributed by atoms with Crippen LogP contribution in [0.15, 0.2) is 82.2 Å². The molecule has 0 atom stereocenters. The molecule has 0 fully saturated rings. The molecular weight excluding hydrogens is 434 g/mol. The number of nitrogens with zero attached hydrogens (tertiary/aromatic N) is 3. The topological polar surface area (TPSA) is 88.6 Å². The van der Waals surface area contributed by atoms with Gasteiger partial charge in [-0.05, 0) is 30.3 Å². The molecule has 8 nitrogen and oxygen atoms in total. The summed E-state index contributed by atoms with van der Waals surface area (Å²) >= 11 is 0. The lowest BCUT2D eigenvalue weighted by Crippen LogP contribution is -2.18. The second-order valence-electron chi connectivity index (χ2n) is 7.45. The summed E-state index contributed by atoms with van der Waals surface area (Å²) in [5.74, 6) is 2.49. The summed E-state index contributed by atoms with van der Waals surface area (Å²) in [6.45, 7) is 0. The molecule has 3 aromatic carbocycles. The maximum absolute atomic E-state index is 13.3. The summed E-state index contributed by atoms with van der Waals surface area (Å²) in [6.07, 6.45) is 1.71. The summed E-state index contributed by atoms with van der Waals surface area (Å²) < 4.78 is 23.3. The lowest BCUT2D eigenvalue weighted by molar-refractivity contribution is 0.394. The molecule has 8 heteroatoms. The van der Waals surface area contributed by atoms with Crippen LogP contribution in [-0.4, -0.2) is 36.0 Å². The quantitative estimate of drug-likeness (QED) is 0.366. The fourth-order valence-electron chi connectivity index (χ4n) is 3.84. The van der Waals surface area contributed by atoms with E-state index in [0.717, 1.165) is 0 Å². The molecule has 0 saturated carbocycles. The average Bonchev–Trinajstić information content (AvgIpc) is 3.38. The van der Waals surface area contributed by atoms with Gasteiger partial charge in [0.2, 0.25) is 5.82 Å². The third-order valence-corrected chi connectivity index (χ3v) is 5.56. The van der Waals surface area contributed by atoms with Crippen LogP contribution in [0.3, 0.4) is 0 Å². The van der Waals surface area contributed by atoms with Gasteiger partial charge in [-0.1, -0.05) is 29.4 Å². The van der Waals surface area contributed by atoms with Crippen molar-refractivity contribution in [3.05, 3.63) is 83.3 Å². The molecule has 0 bridgehead atoms. The molecule has 0 aliphatic heterocycles. The molecule has 0 spiro atoms. The van der Waals surface area contributed by atoms with E-state index in [1.807, 2.05) is 42.5 Å². The Kier molecular flexibility index (Phi) is 5.47. The van der Waals surface area contributed by atoms with Gasteiger partial charge in [-0.2, -0.15) is 4.98 Å². The molecule has 0 amide bonds. The minimum Gasteiger partial charge on any atom is -0.497 e. The van der Waals surface area contributed by atoms with Crippen molar-refractivity contribution >= 4 is 10.8 Å². The molecule has 2 heterocycles. The number of hydrogen-bond acceptors (Lipinski definition) is 7. The minimum absolute atomic E-state index is 0.163. The number of methoxy groups -OCH3 is 3. The number of ether oxygens (including phenoxy) is 3. The van der Waals surface area contributed by atoms with Crippen molar-refractivity contribution in [1.29, 1.82) is 0 Å². The first kappa shape index (κ1) is 21.3. The van der Waals surface area contributed by atoms with E-state index in [-0.39, 0.29) is 11.4 Å². The van der Waals surface area contributed by atoms with Crippen molar-refractivity contribution < 1.29 is 18.7 Å². The zero-order valence-corrected chi connectivity index (χ0v) is 18.8. The number of rotatable bonds is 6. The third-order valence-electron chi connectivity index (χ3n) is 5.56. The van der Waals surface area contributed by atoms with Crippen molar-refractivity contribution in [3.63, 3.8) is 0 Å². The van der Waals surface area contributed by atoms with E-state index in [1.165, 1.54) is 0 Å². The van der Waals surface area contributed by atoms with Gasteiger partial charge in [-0.25, -0.2) is 0 Å². The molecule has 2 aromatic heterocycles. The normalized spacial score (nSPS) is 10.9. The number of benzene rings is 3. The maximum Gasteiger partial charge on any atom is 0.262 e. The van der Waals surface area contributed by atoms with Crippen LogP contribution in [0.4, 0.5) is 0 Å². The van der Waals surface area contributed by atoms with Crippen molar-refractivity contribution in [3.8, 4) is 45.8 Å². The molecule has 0 N–H and O–H groups in total. The molecule has 0 unspecified atom stereocenters. The Balaban J connectivity index is 1.69. The van der Waals surface area contributed by atoms with E-state index in [2.05, 4.69) is 10.1 Å². The predicted octanol–water partition coefficient (Wildman–Crippen LogP) is 4.73. The van der Waals surface area contributed by atoms with Gasteiger partial charge in [0.25, 0.3) is 11.4 Å². The SMILES string of the molecule is COc1cccc(-n2cc(-c3nc(-c4ccc(OC)cc4OC)no3)c3ccccc3c2=O)c1. The lowest BCUT2D eigenvalue weighted by atomic mass is 10.1. The highest BCUT2D eigenvalue weighted by Gasteiger charge is 2.19. The fraction of sp³-hybridized carbons (Fsp3) is 0.115. The van der Waals surface area contributed by atoms with Crippen molar-refractivity contribution in [2.24, 2.45) is 0 Å². The molecule has 0 radical (unpaired) electrons. The smallest absolute Gasteiger partial charge is 0.262 e. The Morgan fingerprint density at radius 2 is 1.56 bits per heavy atom. The van der Waals surface area contributed by atoms with Crippen molar-refractivity contribution in [1.82, 2.24) is 14.7 Å². The molecule has 0 aliphatic carbocycles. The number of aromatic nitrogens is 3. The van der Waals surface area contributed by atoms with Crippen LogP contribution in [0.5, 0.6) is 17.2 Å². The molecule has 0 aliphatic rings. The van der Waals surface area contributed by atoms with Gasteiger partial charge in [-0.3, -0.25) is 9.36 Å². The summed E-state index contributed by atoms with van der Waals surface area (Å²) in [7, 11) is 4.74. The zero-order chi connectivity index (χ0) is 23.7. The second kappa shape index (κ2) is 8.74. The largest absolute Gasteiger partial charge is 0.497 e. The average molecular weight is 455 g/mol. The fourth-order valence-corrected chi connectivity index (χ4v) is 3.84. The lowest BCUT2D eigenvalue weighted by Gasteiger charge is -2.11. The maximum atomic E-state index is 13.3. The number of pyridine rings is 1. The molecule has 5 aromatic rings. The van der Waals surface area contributed by atoms with E-state index < -0.39 is 0 Å². The highest BCUT2D eigenvalue weighted by atomic mass is 16.5. The van der Waals surface area contributed by atoms with Crippen LogP contribution in [0.2, 0.25) is 0 Å². The molecular formula is C26H21N3O5. The van der Waals surface area contributed by atoms with Gasteiger partial charge in [0.15, 0.2) is 0 Å². The minimum atomic E-state index is -0.163. The van der Waals surface area contributed by atoms with Gasteiger partial charge in [-0.15, -0.1) is 0 Å². The van der Waals surface area contributed by atoms with Crippen LogP contribution in [-0.2, 0) is 0 Å². The van der Waals surface area contributed by atoms with Crippen molar-refractivity contribution in [2.45, 2.75) is 0 Å². The Hall–Kier alpha value is -4.59. The summed E-state index contributed by atoms with van der Waals surface area (Å²) in [5.41, 5.74) is 1.78. The van der Waals surface area contributed by atoms with Crippen LogP contribution in [0.1, 0.15) is 0 Å². The summed E-state index contributed by atoms with van der Waals surface area (Å²) in [6, 6.07) is 20.0. The highest BCUT2D eigenvalue weighted by molar-refractivity contribution is 5.94. The van der Waals surface area contributed by atoms with Crippen LogP contribution in [0, 0.1) is 0 Å². The van der Waals surface area contributed by atoms with E-state index in [0.29, 0.717) is 50.7 Å². The second-order valence-corrected chi connectivity index (χ2v) is 7.45. The van der Waals surface area contributed by atoms with Crippen LogP contribution < -0.4 is 19.8 Å². The zero-order valence-electron chi connectivity index (χ0n) is 18.8. The first-order valence-electron chi connectivity index (χ1n) is 10.5. The third kappa shape index (κ3) is 3.65. The van der Waals surface area contributed by atoms with E-state index in [1.54, 1.807) is 56.4 Å². The van der Waals surface area contributed by atoms with Gasteiger partial charge in [0.05, 0.1) is 38.1 Å². The van der Waals surface area contributed by atoms with Crippen LogP contribution in [0.25, 0.3) is 39.3 Å².